The fraction of sp³-hybridized carbons (Fsp3) is 0.300. The van der Waals surface area contributed by atoms with Gasteiger partial charge in [-0.3, -0.25) is 4.79 Å². The number of sulfone groups is 1. The minimum Gasteiger partial charge on any atom is -0.383 e. The SMILES string of the molecule is COCCn1c(=NC(=O)CCCS(=O)(=O)c2ccc(F)cc2)sc2cc(F)ccc21. The standard InChI is InChI=1S/C20H20F2N2O4S2/c1-28-11-10-24-17-9-6-15(22)13-18(17)29-20(24)23-19(25)3-2-12-30(26,27)16-7-4-14(21)5-8-16/h4-9,13H,2-3,10-12H2,1H3. The summed E-state index contributed by atoms with van der Waals surface area (Å²) >= 11 is 1.18. The van der Waals surface area contributed by atoms with Crippen LogP contribution in [0.15, 0.2) is 52.4 Å². The third-order valence-electron chi connectivity index (χ3n) is 4.36. The van der Waals surface area contributed by atoms with Gasteiger partial charge in [0, 0.05) is 20.1 Å². The summed E-state index contributed by atoms with van der Waals surface area (Å²) in [6.07, 6.45) is 0.0208. The van der Waals surface area contributed by atoms with Crippen LogP contribution in [0.1, 0.15) is 12.8 Å². The summed E-state index contributed by atoms with van der Waals surface area (Å²) in [7, 11) is -2.06. The van der Waals surface area contributed by atoms with Crippen molar-refractivity contribution in [2.45, 2.75) is 24.3 Å². The van der Waals surface area contributed by atoms with Crippen molar-refractivity contribution < 1.29 is 26.7 Å². The first-order chi connectivity index (χ1) is 14.3. The first kappa shape index (κ1) is 22.3. The number of carbonyl (C=O) groups excluding carboxylic acids is 1. The number of amides is 1. The number of carbonyl (C=O) groups is 1. The van der Waals surface area contributed by atoms with Crippen LogP contribution in [0.3, 0.4) is 0 Å². The molecular weight excluding hydrogens is 434 g/mol. The maximum Gasteiger partial charge on any atom is 0.248 e. The van der Waals surface area contributed by atoms with Gasteiger partial charge < -0.3 is 9.30 Å². The maximum absolute atomic E-state index is 13.5. The van der Waals surface area contributed by atoms with E-state index in [1.807, 2.05) is 0 Å². The monoisotopic (exact) mass is 454 g/mol. The van der Waals surface area contributed by atoms with Crippen LogP contribution < -0.4 is 4.80 Å². The van der Waals surface area contributed by atoms with Crippen LogP contribution in [0.4, 0.5) is 8.78 Å². The second-order valence-electron chi connectivity index (χ2n) is 6.52. The number of methoxy groups -OCH3 is 1. The molecule has 160 valence electrons. The molecule has 0 fully saturated rings. The zero-order valence-electron chi connectivity index (χ0n) is 16.2. The normalized spacial score (nSPS) is 12.6. The molecule has 0 saturated heterocycles. The zero-order valence-corrected chi connectivity index (χ0v) is 17.8. The van der Waals surface area contributed by atoms with Crippen LogP contribution in [0.25, 0.3) is 10.2 Å². The summed E-state index contributed by atoms with van der Waals surface area (Å²) in [6.45, 7) is 0.827. The molecule has 0 spiro atoms. The van der Waals surface area contributed by atoms with E-state index in [2.05, 4.69) is 4.99 Å². The average Bonchev–Trinajstić information content (AvgIpc) is 3.02. The lowest BCUT2D eigenvalue weighted by Gasteiger charge is -2.04. The van der Waals surface area contributed by atoms with Gasteiger partial charge in [-0.1, -0.05) is 11.3 Å². The Morgan fingerprint density at radius 1 is 1.13 bits per heavy atom. The molecule has 0 N–H and O–H groups in total. The number of fused-ring (bicyclic) bond motifs is 1. The highest BCUT2D eigenvalue weighted by molar-refractivity contribution is 7.91. The average molecular weight is 455 g/mol. The Morgan fingerprint density at radius 3 is 2.53 bits per heavy atom. The van der Waals surface area contributed by atoms with Gasteiger partial charge in [0.15, 0.2) is 14.6 Å². The molecule has 0 radical (unpaired) electrons. The fourth-order valence-electron chi connectivity index (χ4n) is 2.87. The van der Waals surface area contributed by atoms with Crippen molar-refractivity contribution in [2.24, 2.45) is 4.99 Å². The van der Waals surface area contributed by atoms with E-state index in [0.717, 1.165) is 17.6 Å². The smallest absolute Gasteiger partial charge is 0.248 e. The largest absolute Gasteiger partial charge is 0.383 e. The molecule has 0 unspecified atom stereocenters. The molecule has 6 nitrogen and oxygen atoms in total. The van der Waals surface area contributed by atoms with E-state index in [4.69, 9.17) is 4.74 Å². The minimum atomic E-state index is -3.61. The third-order valence-corrected chi connectivity index (χ3v) is 7.22. The van der Waals surface area contributed by atoms with Gasteiger partial charge in [-0.25, -0.2) is 17.2 Å². The topological polar surface area (TPSA) is 77.7 Å². The molecule has 30 heavy (non-hydrogen) atoms. The molecule has 1 aromatic heterocycles. The third kappa shape index (κ3) is 5.38. The summed E-state index contributed by atoms with van der Waals surface area (Å²) in [5.41, 5.74) is 0.740. The van der Waals surface area contributed by atoms with E-state index in [0.29, 0.717) is 22.7 Å². The van der Waals surface area contributed by atoms with Gasteiger partial charge >= 0.3 is 0 Å². The lowest BCUT2D eigenvalue weighted by atomic mass is 10.3. The maximum atomic E-state index is 13.5. The number of hydrogen-bond donors (Lipinski definition) is 0. The minimum absolute atomic E-state index is 0.0113. The number of hydrogen-bond acceptors (Lipinski definition) is 5. The second kappa shape index (κ2) is 9.59. The van der Waals surface area contributed by atoms with E-state index >= 15 is 0 Å². The summed E-state index contributed by atoms with van der Waals surface area (Å²) in [5.74, 6) is -1.62. The van der Waals surface area contributed by atoms with E-state index in [1.54, 1.807) is 17.7 Å². The van der Waals surface area contributed by atoms with Crippen molar-refractivity contribution in [1.82, 2.24) is 4.57 Å². The van der Waals surface area contributed by atoms with Crippen molar-refractivity contribution >= 4 is 37.3 Å². The highest BCUT2D eigenvalue weighted by Crippen LogP contribution is 2.19. The van der Waals surface area contributed by atoms with Crippen LogP contribution in [-0.4, -0.2) is 38.4 Å². The molecule has 0 aliphatic carbocycles. The Bertz CT molecular complexity index is 1220. The van der Waals surface area contributed by atoms with Crippen molar-refractivity contribution in [2.75, 3.05) is 19.5 Å². The molecule has 0 bridgehead atoms. The number of nitrogens with zero attached hydrogens (tertiary/aromatic N) is 2. The zero-order chi connectivity index (χ0) is 21.7. The van der Waals surface area contributed by atoms with Gasteiger partial charge in [0.2, 0.25) is 5.91 Å². The summed E-state index contributed by atoms with van der Waals surface area (Å²) < 4.78 is 58.6. The van der Waals surface area contributed by atoms with Gasteiger partial charge in [0.1, 0.15) is 11.6 Å². The van der Waals surface area contributed by atoms with E-state index in [1.165, 1.54) is 35.6 Å². The first-order valence-corrected chi connectivity index (χ1v) is 11.6. The molecule has 0 atom stereocenters. The predicted octanol–water partition coefficient (Wildman–Crippen LogP) is 3.31. The summed E-state index contributed by atoms with van der Waals surface area (Å²) in [6, 6.07) is 8.90. The number of ether oxygens (including phenoxy) is 1. The Labute approximate surface area is 176 Å². The second-order valence-corrected chi connectivity index (χ2v) is 9.64. The van der Waals surface area contributed by atoms with Crippen molar-refractivity contribution in [3.05, 3.63) is 58.9 Å². The quantitative estimate of drug-likeness (QED) is 0.490. The van der Waals surface area contributed by atoms with Crippen molar-refractivity contribution in [3.8, 4) is 0 Å². The van der Waals surface area contributed by atoms with Crippen LogP contribution in [0.5, 0.6) is 0 Å². The lowest BCUT2D eigenvalue weighted by Crippen LogP contribution is -2.19. The molecule has 1 heterocycles. The summed E-state index contributed by atoms with van der Waals surface area (Å²) in [5, 5.41) is 0. The first-order valence-electron chi connectivity index (χ1n) is 9.14. The van der Waals surface area contributed by atoms with Crippen LogP contribution in [0.2, 0.25) is 0 Å². The van der Waals surface area contributed by atoms with Gasteiger partial charge in [-0.15, -0.1) is 0 Å². The Kier molecular flexibility index (Phi) is 7.11. The Balaban J connectivity index is 1.74. The highest BCUT2D eigenvalue weighted by Gasteiger charge is 2.15. The Morgan fingerprint density at radius 2 is 1.83 bits per heavy atom. The van der Waals surface area contributed by atoms with Gasteiger partial charge in [0.05, 0.1) is 27.5 Å². The molecular formula is C20H20F2N2O4S2. The highest BCUT2D eigenvalue weighted by atomic mass is 32.2. The summed E-state index contributed by atoms with van der Waals surface area (Å²) in [4.78, 5) is 16.8. The molecule has 3 aromatic rings. The van der Waals surface area contributed by atoms with Crippen molar-refractivity contribution in [1.29, 1.82) is 0 Å². The number of benzene rings is 2. The van der Waals surface area contributed by atoms with Crippen LogP contribution in [0, 0.1) is 11.6 Å². The fourth-order valence-corrected chi connectivity index (χ4v) is 5.28. The van der Waals surface area contributed by atoms with E-state index < -0.39 is 21.6 Å². The molecule has 3 rings (SSSR count). The molecule has 0 aliphatic heterocycles. The van der Waals surface area contributed by atoms with E-state index in [-0.39, 0.29) is 29.3 Å². The molecule has 1 amide bonds. The number of halogens is 2. The van der Waals surface area contributed by atoms with Gasteiger partial charge in [-0.2, -0.15) is 4.99 Å². The van der Waals surface area contributed by atoms with Gasteiger partial charge in [0.25, 0.3) is 0 Å². The molecule has 0 saturated carbocycles. The number of rotatable bonds is 8. The molecule has 10 heteroatoms. The van der Waals surface area contributed by atoms with Crippen LogP contribution >= 0.6 is 11.3 Å². The Hall–Kier alpha value is -2.43. The molecule has 2 aromatic carbocycles. The predicted molar refractivity (Wildman–Crippen MR) is 110 cm³/mol. The van der Waals surface area contributed by atoms with Crippen molar-refractivity contribution in [3.63, 3.8) is 0 Å². The number of thiazole rings is 1. The van der Waals surface area contributed by atoms with Gasteiger partial charge in [-0.05, 0) is 48.9 Å². The lowest BCUT2D eigenvalue weighted by molar-refractivity contribution is -0.118. The number of aromatic nitrogens is 1. The van der Waals surface area contributed by atoms with Crippen LogP contribution in [-0.2, 0) is 25.9 Å². The molecule has 0 aliphatic rings. The van der Waals surface area contributed by atoms with E-state index in [9.17, 15) is 22.0 Å².